The zero-order valence-corrected chi connectivity index (χ0v) is 15.2. The van der Waals surface area contributed by atoms with Crippen LogP contribution >= 0.6 is 0 Å². The lowest BCUT2D eigenvalue weighted by Gasteiger charge is -2.38. The van der Waals surface area contributed by atoms with Gasteiger partial charge in [-0.05, 0) is 25.3 Å². The second-order valence-electron chi connectivity index (χ2n) is 7.28. The van der Waals surface area contributed by atoms with Gasteiger partial charge in [0.25, 0.3) is 5.91 Å². The van der Waals surface area contributed by atoms with Crippen LogP contribution in [-0.2, 0) is 6.54 Å². The van der Waals surface area contributed by atoms with E-state index in [1.807, 2.05) is 15.5 Å². The van der Waals surface area contributed by atoms with Gasteiger partial charge in [-0.1, -0.05) is 0 Å². The number of carbonyl (C=O) groups excluding carboxylic acids is 1. The van der Waals surface area contributed by atoms with E-state index in [0.717, 1.165) is 25.9 Å². The van der Waals surface area contributed by atoms with Crippen molar-refractivity contribution in [3.8, 4) is 0 Å². The number of hydrogen-bond donors (Lipinski definition) is 0. The third-order valence-corrected chi connectivity index (χ3v) is 5.68. The Balaban J connectivity index is 1.35. The van der Waals surface area contributed by atoms with Gasteiger partial charge in [-0.3, -0.25) is 9.69 Å². The van der Waals surface area contributed by atoms with E-state index in [2.05, 4.69) is 25.1 Å². The van der Waals surface area contributed by atoms with E-state index in [1.165, 1.54) is 0 Å². The molecule has 1 amide bonds. The van der Waals surface area contributed by atoms with Gasteiger partial charge in [0, 0.05) is 50.8 Å². The first-order valence-electron chi connectivity index (χ1n) is 9.29. The zero-order chi connectivity index (χ0) is 18.4. The zero-order valence-electron chi connectivity index (χ0n) is 15.2. The smallest absolute Gasteiger partial charge is 0.276 e. The monoisotopic (exact) mass is 367 g/mol. The van der Waals surface area contributed by atoms with E-state index < -0.39 is 0 Å². The van der Waals surface area contributed by atoms with Gasteiger partial charge in [-0.2, -0.15) is 0 Å². The van der Waals surface area contributed by atoms with E-state index >= 15 is 0 Å². The van der Waals surface area contributed by atoms with Gasteiger partial charge in [0.15, 0.2) is 11.3 Å². The fraction of sp³-hybridized carbons (Fsp3) is 0.500. The molecular weight excluding hydrogens is 346 g/mol. The van der Waals surface area contributed by atoms with Gasteiger partial charge >= 0.3 is 0 Å². The normalized spacial score (nSPS) is 23.1. The molecule has 0 saturated carbocycles. The van der Waals surface area contributed by atoms with Gasteiger partial charge in [0.1, 0.15) is 0 Å². The Labute approximate surface area is 156 Å². The molecule has 9 heteroatoms. The fourth-order valence-corrected chi connectivity index (χ4v) is 4.34. The summed E-state index contributed by atoms with van der Waals surface area (Å²) in [6, 6.07) is 0.314. The lowest BCUT2D eigenvalue weighted by atomic mass is 9.92. The highest BCUT2D eigenvalue weighted by atomic mass is 16.4. The van der Waals surface area contributed by atoms with Crippen molar-refractivity contribution in [3.63, 3.8) is 0 Å². The number of imidazole rings is 1. The Bertz CT molecular complexity index is 981. The second kappa shape index (κ2) is 6.41. The number of aromatic nitrogens is 5. The minimum atomic E-state index is -0.0502. The molecule has 2 fully saturated rings. The highest BCUT2D eigenvalue weighted by Gasteiger charge is 2.40. The SMILES string of the molecule is Cc1nnc(CN2CC[C@@H]3CCN(C(=O)c4nccn5ccnc45)C[C@@H]32)o1. The first-order chi connectivity index (χ1) is 13.2. The number of nitrogens with zero attached hydrogens (tertiary/aromatic N) is 7. The van der Waals surface area contributed by atoms with Crippen LogP contribution in [0.5, 0.6) is 0 Å². The fourth-order valence-electron chi connectivity index (χ4n) is 4.34. The lowest BCUT2D eigenvalue weighted by molar-refractivity contribution is 0.0556. The van der Waals surface area contributed by atoms with Crippen molar-refractivity contribution in [2.45, 2.75) is 32.4 Å². The summed E-state index contributed by atoms with van der Waals surface area (Å²) in [6.45, 7) is 4.88. The largest absolute Gasteiger partial charge is 0.424 e. The third kappa shape index (κ3) is 2.87. The van der Waals surface area contributed by atoms with Crippen LogP contribution in [0.15, 0.2) is 29.2 Å². The molecule has 0 spiro atoms. The Morgan fingerprint density at radius 3 is 2.81 bits per heavy atom. The van der Waals surface area contributed by atoms with Crippen LogP contribution in [0.1, 0.15) is 35.1 Å². The molecule has 2 saturated heterocycles. The molecule has 0 N–H and O–H groups in total. The molecule has 2 aliphatic rings. The molecule has 0 aliphatic carbocycles. The maximum atomic E-state index is 13.1. The van der Waals surface area contributed by atoms with Crippen LogP contribution < -0.4 is 0 Å². The first kappa shape index (κ1) is 16.4. The van der Waals surface area contributed by atoms with Gasteiger partial charge in [-0.25, -0.2) is 9.97 Å². The van der Waals surface area contributed by atoms with E-state index in [4.69, 9.17) is 4.42 Å². The lowest BCUT2D eigenvalue weighted by Crippen LogP contribution is -2.50. The van der Waals surface area contributed by atoms with E-state index in [9.17, 15) is 4.79 Å². The molecule has 3 aromatic heterocycles. The summed E-state index contributed by atoms with van der Waals surface area (Å²) < 4.78 is 7.37. The highest BCUT2D eigenvalue weighted by Crippen LogP contribution is 2.33. The quantitative estimate of drug-likeness (QED) is 0.686. The number of hydrogen-bond acceptors (Lipinski definition) is 7. The Morgan fingerprint density at radius 1 is 1.19 bits per heavy atom. The number of fused-ring (bicyclic) bond motifs is 2. The van der Waals surface area contributed by atoms with Gasteiger partial charge in [-0.15, -0.1) is 10.2 Å². The summed E-state index contributed by atoms with van der Waals surface area (Å²) >= 11 is 0. The van der Waals surface area contributed by atoms with Gasteiger partial charge < -0.3 is 13.7 Å². The standard InChI is InChI=1S/C18H21N7O2/c1-12-21-22-15(27-12)11-24-6-2-13-3-7-25(10-14(13)24)18(26)16-17-20-5-9-23(17)8-4-19-16/h4-5,8-9,13-14H,2-3,6-7,10-11H2,1H3/t13-,14+/m1/s1. The van der Waals surface area contributed by atoms with Gasteiger partial charge in [0.2, 0.25) is 11.8 Å². The summed E-state index contributed by atoms with van der Waals surface area (Å²) in [6.07, 6.45) is 9.11. The molecule has 0 radical (unpaired) electrons. The van der Waals surface area contributed by atoms with Crippen molar-refractivity contribution in [1.82, 2.24) is 34.4 Å². The number of rotatable bonds is 3. The summed E-state index contributed by atoms with van der Waals surface area (Å²) in [5.41, 5.74) is 1.02. The van der Waals surface area contributed by atoms with E-state index in [1.54, 1.807) is 25.5 Å². The molecule has 2 aliphatic heterocycles. The van der Waals surface area contributed by atoms with Crippen molar-refractivity contribution in [2.24, 2.45) is 5.92 Å². The Morgan fingerprint density at radius 2 is 2.00 bits per heavy atom. The summed E-state index contributed by atoms with van der Waals surface area (Å²) in [5.74, 6) is 1.78. The van der Waals surface area contributed by atoms with Crippen molar-refractivity contribution >= 4 is 11.6 Å². The topological polar surface area (TPSA) is 92.7 Å². The first-order valence-corrected chi connectivity index (χ1v) is 9.29. The number of aryl methyl sites for hydroxylation is 1. The third-order valence-electron chi connectivity index (χ3n) is 5.68. The number of carbonyl (C=O) groups is 1. The van der Waals surface area contributed by atoms with Gasteiger partial charge in [0.05, 0.1) is 6.54 Å². The molecule has 27 heavy (non-hydrogen) atoms. The molecule has 5 heterocycles. The molecule has 3 aromatic rings. The Hall–Kier alpha value is -2.81. The number of amides is 1. The minimum absolute atomic E-state index is 0.0502. The average Bonchev–Trinajstić information content (AvgIpc) is 3.41. The number of piperidine rings is 1. The highest BCUT2D eigenvalue weighted by molar-refractivity contribution is 5.97. The Kier molecular flexibility index (Phi) is 3.89. The predicted octanol–water partition coefficient (Wildman–Crippen LogP) is 1.16. The molecule has 9 nitrogen and oxygen atoms in total. The van der Waals surface area contributed by atoms with Crippen molar-refractivity contribution in [1.29, 1.82) is 0 Å². The molecule has 5 rings (SSSR count). The molecule has 140 valence electrons. The van der Waals surface area contributed by atoms with Crippen LogP contribution in [0, 0.1) is 12.8 Å². The summed E-state index contributed by atoms with van der Waals surface area (Å²) in [4.78, 5) is 26.0. The molecule has 0 aromatic carbocycles. The predicted molar refractivity (Wildman–Crippen MR) is 94.8 cm³/mol. The van der Waals surface area contributed by atoms with Crippen molar-refractivity contribution in [2.75, 3.05) is 19.6 Å². The van der Waals surface area contributed by atoms with Crippen LogP contribution in [0.25, 0.3) is 5.65 Å². The maximum Gasteiger partial charge on any atom is 0.276 e. The van der Waals surface area contributed by atoms with E-state index in [-0.39, 0.29) is 5.91 Å². The van der Waals surface area contributed by atoms with Crippen LogP contribution in [-0.4, -0.2) is 65.9 Å². The van der Waals surface area contributed by atoms with Crippen molar-refractivity contribution in [3.05, 3.63) is 42.3 Å². The van der Waals surface area contributed by atoms with Crippen LogP contribution in [0.2, 0.25) is 0 Å². The average molecular weight is 367 g/mol. The minimum Gasteiger partial charge on any atom is -0.424 e. The summed E-state index contributed by atoms with van der Waals surface area (Å²) in [7, 11) is 0. The molecule has 2 atom stereocenters. The molecular formula is C18H21N7O2. The van der Waals surface area contributed by atoms with E-state index in [0.29, 0.717) is 48.2 Å². The molecule has 0 unspecified atom stereocenters. The second-order valence-corrected chi connectivity index (χ2v) is 7.28. The summed E-state index contributed by atoms with van der Waals surface area (Å²) in [5, 5.41) is 8.03. The molecule has 0 bridgehead atoms. The maximum absolute atomic E-state index is 13.1. The van der Waals surface area contributed by atoms with Crippen molar-refractivity contribution < 1.29 is 9.21 Å². The number of likely N-dealkylation sites (tertiary alicyclic amines) is 2. The van der Waals surface area contributed by atoms with Crippen LogP contribution in [0.3, 0.4) is 0 Å². The van der Waals surface area contributed by atoms with Crippen LogP contribution in [0.4, 0.5) is 0 Å².